The van der Waals surface area contributed by atoms with E-state index in [4.69, 9.17) is 32.7 Å². The first-order valence-electron chi connectivity index (χ1n) is 7.64. The predicted octanol–water partition coefficient (Wildman–Crippen LogP) is 4.91. The van der Waals surface area contributed by atoms with Crippen LogP contribution in [0.5, 0.6) is 0 Å². The molecular weight excluding hydrogens is 395 g/mol. The number of nitro groups is 1. The van der Waals surface area contributed by atoms with E-state index < -0.39 is 10.8 Å². The molecule has 2 N–H and O–H groups in total. The van der Waals surface area contributed by atoms with Crippen LogP contribution < -0.4 is 5.32 Å². The summed E-state index contributed by atoms with van der Waals surface area (Å²) in [6.45, 7) is -0.247. The zero-order chi connectivity index (χ0) is 19.6. The zero-order valence-electron chi connectivity index (χ0n) is 13.6. The van der Waals surface area contributed by atoms with Gasteiger partial charge < -0.3 is 14.8 Å². The zero-order valence-corrected chi connectivity index (χ0v) is 15.1. The van der Waals surface area contributed by atoms with Crippen LogP contribution in [-0.2, 0) is 6.61 Å². The van der Waals surface area contributed by atoms with Crippen molar-refractivity contribution in [2.45, 2.75) is 6.61 Å². The van der Waals surface area contributed by atoms with Gasteiger partial charge in [-0.2, -0.15) is 0 Å². The largest absolute Gasteiger partial charge is 0.459 e. The van der Waals surface area contributed by atoms with E-state index >= 15 is 0 Å². The number of nitrogens with one attached hydrogen (secondary N) is 1. The Balaban J connectivity index is 1.88. The van der Waals surface area contributed by atoms with Gasteiger partial charge in [0, 0.05) is 22.9 Å². The first-order chi connectivity index (χ1) is 12.9. The number of halogens is 2. The second-order valence-corrected chi connectivity index (χ2v) is 6.31. The molecule has 138 valence electrons. The number of nitrogens with zero attached hydrogens (tertiary/aromatic N) is 1. The molecule has 1 aromatic heterocycles. The average molecular weight is 407 g/mol. The monoisotopic (exact) mass is 406 g/mol. The molecule has 1 heterocycles. The van der Waals surface area contributed by atoms with Gasteiger partial charge in [-0.3, -0.25) is 14.9 Å². The SMILES string of the molecule is O=C(Nc1ccc(Cl)c(-c2ccc(CO)o2)c1)c1ccc(Cl)c([N+](=O)[O-])c1. The number of rotatable bonds is 5. The Morgan fingerprint density at radius 1 is 1.11 bits per heavy atom. The maximum Gasteiger partial charge on any atom is 0.288 e. The molecule has 0 atom stereocenters. The van der Waals surface area contributed by atoms with Gasteiger partial charge in [0.25, 0.3) is 11.6 Å². The lowest BCUT2D eigenvalue weighted by Gasteiger charge is -2.08. The van der Waals surface area contributed by atoms with Gasteiger partial charge in [0.15, 0.2) is 0 Å². The van der Waals surface area contributed by atoms with Crippen LogP contribution in [0.15, 0.2) is 52.9 Å². The van der Waals surface area contributed by atoms with Crippen LogP contribution >= 0.6 is 23.2 Å². The molecule has 0 aliphatic heterocycles. The van der Waals surface area contributed by atoms with E-state index in [2.05, 4.69) is 5.32 Å². The molecule has 0 fully saturated rings. The lowest BCUT2D eigenvalue weighted by atomic mass is 10.1. The molecule has 0 aliphatic rings. The molecular formula is C18H12Cl2N2O5. The Morgan fingerprint density at radius 2 is 1.85 bits per heavy atom. The molecule has 0 unspecified atom stereocenters. The van der Waals surface area contributed by atoms with Gasteiger partial charge in [-0.25, -0.2) is 0 Å². The van der Waals surface area contributed by atoms with E-state index in [0.29, 0.717) is 27.8 Å². The summed E-state index contributed by atoms with van der Waals surface area (Å²) in [5, 5.41) is 23.1. The molecule has 0 bridgehead atoms. The standard InChI is InChI=1S/C18H12Cl2N2O5/c19-14-5-2-11(8-13(14)17-6-3-12(9-23)27-17)21-18(24)10-1-4-15(20)16(7-10)22(25)26/h1-8,23H,9H2,(H,21,24). The van der Waals surface area contributed by atoms with Crippen molar-refractivity contribution >= 4 is 40.5 Å². The van der Waals surface area contributed by atoms with Crippen molar-refractivity contribution in [2.24, 2.45) is 0 Å². The van der Waals surface area contributed by atoms with Gasteiger partial charge >= 0.3 is 0 Å². The quantitative estimate of drug-likeness (QED) is 0.462. The van der Waals surface area contributed by atoms with Crippen molar-refractivity contribution in [1.82, 2.24) is 0 Å². The van der Waals surface area contributed by atoms with Crippen LogP contribution in [-0.4, -0.2) is 15.9 Å². The molecule has 9 heteroatoms. The maximum absolute atomic E-state index is 12.4. The summed E-state index contributed by atoms with van der Waals surface area (Å²) in [5.74, 6) is 0.268. The van der Waals surface area contributed by atoms with Crippen molar-refractivity contribution in [3.05, 3.63) is 80.0 Å². The molecule has 0 radical (unpaired) electrons. The van der Waals surface area contributed by atoms with Crippen molar-refractivity contribution in [1.29, 1.82) is 0 Å². The number of hydrogen-bond donors (Lipinski definition) is 2. The third-order valence-electron chi connectivity index (χ3n) is 3.71. The van der Waals surface area contributed by atoms with Crippen LogP contribution in [0.4, 0.5) is 11.4 Å². The van der Waals surface area contributed by atoms with E-state index in [1.807, 2.05) is 0 Å². The Kier molecular flexibility index (Phi) is 5.46. The number of aliphatic hydroxyl groups is 1. The first-order valence-corrected chi connectivity index (χ1v) is 8.39. The highest BCUT2D eigenvalue weighted by molar-refractivity contribution is 6.33. The molecule has 0 saturated carbocycles. The molecule has 27 heavy (non-hydrogen) atoms. The lowest BCUT2D eigenvalue weighted by molar-refractivity contribution is -0.384. The summed E-state index contributed by atoms with van der Waals surface area (Å²) in [5.41, 5.74) is 0.673. The highest BCUT2D eigenvalue weighted by Crippen LogP contribution is 2.32. The van der Waals surface area contributed by atoms with Crippen LogP contribution in [0.1, 0.15) is 16.1 Å². The number of benzene rings is 2. The molecule has 0 aliphatic carbocycles. The summed E-state index contributed by atoms with van der Waals surface area (Å²) in [6, 6.07) is 11.8. The molecule has 3 aromatic rings. The smallest absolute Gasteiger partial charge is 0.288 e. The Bertz CT molecular complexity index is 1030. The number of anilines is 1. The Labute approximate surface area is 163 Å². The fraction of sp³-hybridized carbons (Fsp3) is 0.0556. The van der Waals surface area contributed by atoms with Crippen LogP contribution in [0.25, 0.3) is 11.3 Å². The molecule has 3 rings (SSSR count). The van der Waals surface area contributed by atoms with E-state index in [-0.39, 0.29) is 22.9 Å². The molecule has 2 aromatic carbocycles. The molecule has 1 amide bonds. The predicted molar refractivity (Wildman–Crippen MR) is 101 cm³/mol. The van der Waals surface area contributed by atoms with E-state index in [0.717, 1.165) is 6.07 Å². The highest BCUT2D eigenvalue weighted by Gasteiger charge is 2.17. The number of carbonyl (C=O) groups is 1. The van der Waals surface area contributed by atoms with Crippen molar-refractivity contribution in [3.8, 4) is 11.3 Å². The number of hydrogen-bond acceptors (Lipinski definition) is 5. The van der Waals surface area contributed by atoms with Crippen molar-refractivity contribution in [2.75, 3.05) is 5.32 Å². The third-order valence-corrected chi connectivity index (χ3v) is 4.36. The minimum absolute atomic E-state index is 0.0529. The number of carbonyl (C=O) groups excluding carboxylic acids is 1. The van der Waals surface area contributed by atoms with Crippen molar-refractivity contribution < 1.29 is 19.2 Å². The summed E-state index contributed by atoms with van der Waals surface area (Å²) in [6.07, 6.45) is 0. The van der Waals surface area contributed by atoms with Gasteiger partial charge in [-0.05, 0) is 42.5 Å². The molecule has 0 spiro atoms. The number of amides is 1. The van der Waals surface area contributed by atoms with Crippen molar-refractivity contribution in [3.63, 3.8) is 0 Å². The first kappa shape index (κ1) is 18.9. The topological polar surface area (TPSA) is 106 Å². The van der Waals surface area contributed by atoms with Gasteiger partial charge in [0.05, 0.1) is 9.95 Å². The van der Waals surface area contributed by atoms with Crippen LogP contribution in [0.3, 0.4) is 0 Å². The third kappa shape index (κ3) is 4.11. The number of aliphatic hydroxyl groups excluding tert-OH is 1. The Hall–Kier alpha value is -2.87. The van der Waals surface area contributed by atoms with E-state index in [1.54, 1.807) is 30.3 Å². The fourth-order valence-corrected chi connectivity index (χ4v) is 2.79. The van der Waals surface area contributed by atoms with Gasteiger partial charge in [-0.1, -0.05) is 23.2 Å². The van der Waals surface area contributed by atoms with E-state index in [9.17, 15) is 14.9 Å². The highest BCUT2D eigenvalue weighted by atomic mass is 35.5. The van der Waals surface area contributed by atoms with Crippen LogP contribution in [0, 0.1) is 10.1 Å². The summed E-state index contributed by atoms with van der Waals surface area (Å²) >= 11 is 11.9. The van der Waals surface area contributed by atoms with Gasteiger partial charge in [-0.15, -0.1) is 0 Å². The Morgan fingerprint density at radius 3 is 2.52 bits per heavy atom. The van der Waals surface area contributed by atoms with Crippen LogP contribution in [0.2, 0.25) is 10.0 Å². The summed E-state index contributed by atoms with van der Waals surface area (Å²) in [7, 11) is 0. The minimum atomic E-state index is -0.658. The molecule has 7 nitrogen and oxygen atoms in total. The minimum Gasteiger partial charge on any atom is -0.459 e. The van der Waals surface area contributed by atoms with Gasteiger partial charge in [0.1, 0.15) is 23.2 Å². The summed E-state index contributed by atoms with van der Waals surface area (Å²) < 4.78 is 5.46. The van der Waals surface area contributed by atoms with E-state index in [1.165, 1.54) is 12.1 Å². The number of furan rings is 1. The lowest BCUT2D eigenvalue weighted by Crippen LogP contribution is -2.12. The second-order valence-electron chi connectivity index (χ2n) is 5.50. The number of nitro benzene ring substituents is 1. The summed E-state index contributed by atoms with van der Waals surface area (Å²) in [4.78, 5) is 22.7. The maximum atomic E-state index is 12.4. The fourth-order valence-electron chi connectivity index (χ4n) is 2.40. The van der Waals surface area contributed by atoms with Gasteiger partial charge in [0.2, 0.25) is 0 Å². The molecule has 0 saturated heterocycles. The second kappa shape index (κ2) is 7.79. The normalized spacial score (nSPS) is 10.6. The average Bonchev–Trinajstić information content (AvgIpc) is 3.12.